The van der Waals surface area contributed by atoms with E-state index >= 15 is 0 Å². The maximum absolute atomic E-state index is 12.1. The number of hydrogen-bond donors (Lipinski definition) is 0. The fraction of sp³-hybridized carbons (Fsp3) is 0.571. The van der Waals surface area contributed by atoms with Crippen molar-refractivity contribution in [1.82, 2.24) is 0 Å². The minimum Gasteiger partial charge on any atom is -0.494 e. The fourth-order valence-electron chi connectivity index (χ4n) is 1.63. The van der Waals surface area contributed by atoms with Gasteiger partial charge in [-0.25, -0.2) is 0 Å². The Morgan fingerprint density at radius 2 is 1.85 bits per heavy atom. The van der Waals surface area contributed by atoms with E-state index in [-0.39, 0.29) is 10.3 Å². The highest BCUT2D eigenvalue weighted by Crippen LogP contribution is 2.26. The van der Waals surface area contributed by atoms with Crippen LogP contribution in [0.25, 0.3) is 0 Å². The summed E-state index contributed by atoms with van der Waals surface area (Å²) in [7, 11) is 0. The minimum absolute atomic E-state index is 0.0525. The van der Waals surface area contributed by atoms with Crippen LogP contribution in [0.1, 0.15) is 25.7 Å². The SMILES string of the molecule is CSc1ccc(OCCCC(I)CCC(F)(F)F)cc1. The molecule has 0 spiro atoms. The first-order valence-corrected chi connectivity index (χ1v) is 8.85. The topological polar surface area (TPSA) is 9.23 Å². The first-order chi connectivity index (χ1) is 9.40. The van der Waals surface area contributed by atoms with E-state index in [1.807, 2.05) is 30.5 Å². The summed E-state index contributed by atoms with van der Waals surface area (Å²) >= 11 is 3.76. The van der Waals surface area contributed by atoms with Gasteiger partial charge in [0.2, 0.25) is 0 Å². The molecule has 1 aromatic rings. The van der Waals surface area contributed by atoms with Gasteiger partial charge in [-0.2, -0.15) is 13.2 Å². The molecule has 1 nitrogen and oxygen atoms in total. The zero-order valence-electron chi connectivity index (χ0n) is 11.3. The van der Waals surface area contributed by atoms with Crippen molar-refractivity contribution in [2.75, 3.05) is 12.9 Å². The molecule has 0 heterocycles. The summed E-state index contributed by atoms with van der Waals surface area (Å²) in [5.41, 5.74) is 0. The number of hydrogen-bond acceptors (Lipinski definition) is 2. The van der Waals surface area contributed by atoms with Gasteiger partial charge in [0.05, 0.1) is 6.61 Å². The van der Waals surface area contributed by atoms with E-state index in [1.54, 1.807) is 11.8 Å². The average Bonchev–Trinajstić information content (AvgIpc) is 2.41. The van der Waals surface area contributed by atoms with Crippen molar-refractivity contribution in [2.24, 2.45) is 0 Å². The predicted octanol–water partition coefficient (Wildman–Crippen LogP) is 5.71. The maximum Gasteiger partial charge on any atom is 0.389 e. The molecule has 1 unspecified atom stereocenters. The van der Waals surface area contributed by atoms with Gasteiger partial charge < -0.3 is 4.74 Å². The van der Waals surface area contributed by atoms with E-state index in [9.17, 15) is 13.2 Å². The molecule has 20 heavy (non-hydrogen) atoms. The molecule has 0 aliphatic carbocycles. The molecular formula is C14H18F3IOS. The molecule has 6 heteroatoms. The first kappa shape index (κ1) is 17.9. The van der Waals surface area contributed by atoms with Crippen LogP contribution in [0, 0.1) is 0 Å². The summed E-state index contributed by atoms with van der Waals surface area (Å²) in [6, 6.07) is 7.81. The predicted molar refractivity (Wildman–Crippen MR) is 86.0 cm³/mol. The van der Waals surface area contributed by atoms with Gasteiger partial charge in [-0.1, -0.05) is 22.6 Å². The molecule has 1 atom stereocenters. The number of rotatable bonds is 8. The lowest BCUT2D eigenvalue weighted by atomic mass is 10.1. The second-order valence-electron chi connectivity index (χ2n) is 4.42. The zero-order chi connectivity index (χ0) is 15.0. The Kier molecular flexibility index (Phi) is 8.09. The Labute approximate surface area is 135 Å². The van der Waals surface area contributed by atoms with Crippen LogP contribution < -0.4 is 4.74 Å². The van der Waals surface area contributed by atoms with E-state index in [0.29, 0.717) is 6.61 Å². The molecule has 0 saturated carbocycles. The van der Waals surface area contributed by atoms with Crippen LogP contribution in [0.15, 0.2) is 29.2 Å². The molecule has 0 saturated heterocycles. The molecule has 1 aromatic carbocycles. The van der Waals surface area contributed by atoms with E-state index in [1.165, 1.54) is 4.90 Å². The quantitative estimate of drug-likeness (QED) is 0.231. The molecule has 0 bridgehead atoms. The minimum atomic E-state index is -4.04. The van der Waals surface area contributed by atoms with Crippen LogP contribution >= 0.6 is 34.4 Å². The lowest BCUT2D eigenvalue weighted by Gasteiger charge is -2.12. The Balaban J connectivity index is 2.14. The lowest BCUT2D eigenvalue weighted by molar-refractivity contribution is -0.135. The summed E-state index contributed by atoms with van der Waals surface area (Å²) in [5.74, 6) is 0.808. The molecule has 0 aliphatic heterocycles. The van der Waals surface area contributed by atoms with Crippen LogP contribution in [0.5, 0.6) is 5.75 Å². The number of alkyl halides is 4. The van der Waals surface area contributed by atoms with Gasteiger partial charge in [-0.05, 0) is 49.8 Å². The Hall–Kier alpha value is -0.110. The van der Waals surface area contributed by atoms with Gasteiger partial charge in [-0.15, -0.1) is 11.8 Å². The molecule has 0 aliphatic rings. The average molecular weight is 418 g/mol. The van der Waals surface area contributed by atoms with Crippen molar-refractivity contribution in [3.63, 3.8) is 0 Å². The number of benzene rings is 1. The van der Waals surface area contributed by atoms with Crippen molar-refractivity contribution in [2.45, 2.75) is 40.7 Å². The Morgan fingerprint density at radius 1 is 1.20 bits per heavy atom. The van der Waals surface area contributed by atoms with Crippen LogP contribution in [0.2, 0.25) is 0 Å². The molecule has 1 rings (SSSR count). The van der Waals surface area contributed by atoms with Gasteiger partial charge in [0, 0.05) is 15.2 Å². The molecule has 0 N–H and O–H groups in total. The summed E-state index contributed by atoms with van der Waals surface area (Å²) in [6.07, 6.45) is -1.02. The molecule has 0 aromatic heterocycles. The third-order valence-corrected chi connectivity index (χ3v) is 4.72. The third kappa shape index (κ3) is 8.24. The smallest absolute Gasteiger partial charge is 0.389 e. The standard InChI is InChI=1S/C14H18F3IOS/c1-20-13-6-4-12(5-7-13)19-10-2-3-11(18)8-9-14(15,16)17/h4-7,11H,2-3,8-10H2,1H3. The van der Waals surface area contributed by atoms with Gasteiger partial charge in [0.1, 0.15) is 5.75 Å². The van der Waals surface area contributed by atoms with Crippen LogP contribution in [-0.4, -0.2) is 23.0 Å². The second-order valence-corrected chi connectivity index (χ2v) is 7.06. The third-order valence-electron chi connectivity index (χ3n) is 2.73. The highest BCUT2D eigenvalue weighted by Gasteiger charge is 2.27. The van der Waals surface area contributed by atoms with Crippen LogP contribution in [0.3, 0.4) is 0 Å². The molecule has 0 radical (unpaired) electrons. The number of halogens is 4. The summed E-state index contributed by atoms with van der Waals surface area (Å²) < 4.78 is 41.8. The molecule has 0 fully saturated rings. The first-order valence-electron chi connectivity index (χ1n) is 6.38. The fourth-order valence-corrected chi connectivity index (χ4v) is 2.79. The Morgan fingerprint density at radius 3 is 2.40 bits per heavy atom. The molecular weight excluding hydrogens is 400 g/mol. The number of thioether (sulfide) groups is 1. The Bertz CT molecular complexity index is 381. The van der Waals surface area contributed by atoms with Crippen LogP contribution in [0.4, 0.5) is 13.2 Å². The van der Waals surface area contributed by atoms with Gasteiger partial charge in [0.25, 0.3) is 0 Å². The highest BCUT2D eigenvalue weighted by molar-refractivity contribution is 14.1. The van der Waals surface area contributed by atoms with Crippen LogP contribution in [-0.2, 0) is 0 Å². The monoisotopic (exact) mass is 418 g/mol. The van der Waals surface area contributed by atoms with Crippen molar-refractivity contribution in [3.8, 4) is 5.75 Å². The van der Waals surface area contributed by atoms with Crippen molar-refractivity contribution >= 4 is 34.4 Å². The zero-order valence-corrected chi connectivity index (χ0v) is 14.2. The highest BCUT2D eigenvalue weighted by atomic mass is 127. The van der Waals surface area contributed by atoms with E-state index < -0.39 is 12.6 Å². The van der Waals surface area contributed by atoms with Gasteiger partial charge >= 0.3 is 6.18 Å². The van der Waals surface area contributed by atoms with E-state index in [4.69, 9.17) is 4.74 Å². The number of ether oxygens (including phenoxy) is 1. The van der Waals surface area contributed by atoms with E-state index in [0.717, 1.165) is 18.6 Å². The largest absolute Gasteiger partial charge is 0.494 e. The second kappa shape index (κ2) is 9.02. The van der Waals surface area contributed by atoms with Gasteiger partial charge in [-0.3, -0.25) is 0 Å². The lowest BCUT2D eigenvalue weighted by Crippen LogP contribution is -2.11. The molecule has 0 amide bonds. The summed E-state index contributed by atoms with van der Waals surface area (Å²) in [4.78, 5) is 1.18. The molecule has 114 valence electrons. The summed E-state index contributed by atoms with van der Waals surface area (Å²) in [6.45, 7) is 0.546. The normalized spacial score (nSPS) is 13.2. The van der Waals surface area contributed by atoms with Crippen molar-refractivity contribution in [1.29, 1.82) is 0 Å². The van der Waals surface area contributed by atoms with Crippen molar-refractivity contribution in [3.05, 3.63) is 24.3 Å². The van der Waals surface area contributed by atoms with E-state index in [2.05, 4.69) is 22.6 Å². The van der Waals surface area contributed by atoms with Crippen molar-refractivity contribution < 1.29 is 17.9 Å². The maximum atomic E-state index is 12.1. The van der Waals surface area contributed by atoms with Gasteiger partial charge in [0.15, 0.2) is 0 Å². The summed E-state index contributed by atoms with van der Waals surface area (Å²) in [5, 5.41) is 0.